The van der Waals surface area contributed by atoms with Gasteiger partial charge < -0.3 is 9.84 Å². The molecular weight excluding hydrogens is 180 g/mol. The van der Waals surface area contributed by atoms with E-state index in [1.165, 1.54) is 7.11 Å². The van der Waals surface area contributed by atoms with Crippen LogP contribution in [-0.2, 0) is 9.53 Å². The highest BCUT2D eigenvalue weighted by Gasteiger charge is 2.54. The van der Waals surface area contributed by atoms with E-state index >= 15 is 0 Å². The largest absolute Gasteiger partial charge is 0.479 e. The lowest BCUT2D eigenvalue weighted by Gasteiger charge is -2.29. The summed E-state index contributed by atoms with van der Waals surface area (Å²) in [5.74, 6) is -0.825. The number of methoxy groups -OCH3 is 1. The van der Waals surface area contributed by atoms with Gasteiger partial charge in [-0.1, -0.05) is 20.8 Å². The fourth-order valence-corrected chi connectivity index (χ4v) is 2.36. The van der Waals surface area contributed by atoms with Crippen molar-refractivity contribution in [2.45, 2.75) is 46.1 Å². The maximum Gasteiger partial charge on any atom is 0.333 e. The van der Waals surface area contributed by atoms with Crippen LogP contribution < -0.4 is 0 Å². The van der Waals surface area contributed by atoms with Crippen LogP contribution in [0.2, 0.25) is 0 Å². The first-order chi connectivity index (χ1) is 6.31. The molecule has 1 saturated carbocycles. The van der Waals surface area contributed by atoms with Crippen molar-refractivity contribution >= 4 is 5.97 Å². The summed E-state index contributed by atoms with van der Waals surface area (Å²) in [7, 11) is 1.49. The van der Waals surface area contributed by atoms with E-state index in [4.69, 9.17) is 9.84 Å². The highest BCUT2D eigenvalue weighted by molar-refractivity contribution is 5.74. The maximum atomic E-state index is 11.0. The fourth-order valence-electron chi connectivity index (χ4n) is 2.36. The Morgan fingerprint density at radius 2 is 2.00 bits per heavy atom. The van der Waals surface area contributed by atoms with Crippen molar-refractivity contribution in [1.29, 1.82) is 0 Å². The Balaban J connectivity index is 2.69. The molecule has 0 bridgehead atoms. The molecule has 1 aliphatic carbocycles. The molecule has 1 rings (SSSR count). The van der Waals surface area contributed by atoms with E-state index in [2.05, 4.69) is 20.8 Å². The average molecular weight is 200 g/mol. The Kier molecular flexibility index (Phi) is 2.91. The Bertz CT molecular complexity index is 223. The van der Waals surface area contributed by atoms with Crippen LogP contribution in [0.25, 0.3) is 0 Å². The third-order valence-corrected chi connectivity index (χ3v) is 2.79. The minimum atomic E-state index is -0.825. The summed E-state index contributed by atoms with van der Waals surface area (Å²) in [6, 6.07) is 0. The number of carboxylic acid groups (broad SMARTS) is 1. The Hall–Kier alpha value is -0.570. The molecule has 3 nitrogen and oxygen atoms in total. The third kappa shape index (κ3) is 2.47. The molecule has 1 atom stereocenters. The van der Waals surface area contributed by atoms with Gasteiger partial charge in [0.05, 0.1) is 0 Å². The standard InChI is InChI=1S/C11H20O3/c1-10(2,3)7-11(5-6-11)8(14-4)9(12)13/h8H,5-7H2,1-4H3,(H,12,13). The second kappa shape index (κ2) is 3.54. The second-order valence-corrected chi connectivity index (χ2v) is 5.55. The average Bonchev–Trinajstić information content (AvgIpc) is 2.65. The van der Waals surface area contributed by atoms with E-state index in [-0.39, 0.29) is 10.8 Å². The SMILES string of the molecule is COC(C(=O)O)C1(CC(C)(C)C)CC1. The summed E-state index contributed by atoms with van der Waals surface area (Å²) in [6.07, 6.45) is 2.26. The van der Waals surface area contributed by atoms with Gasteiger partial charge in [-0.05, 0) is 24.7 Å². The minimum absolute atomic E-state index is 0.0984. The van der Waals surface area contributed by atoms with Gasteiger partial charge >= 0.3 is 5.97 Å². The molecule has 0 aromatic rings. The van der Waals surface area contributed by atoms with Gasteiger partial charge in [0, 0.05) is 12.5 Å². The summed E-state index contributed by atoms with van der Waals surface area (Å²) >= 11 is 0. The summed E-state index contributed by atoms with van der Waals surface area (Å²) in [6.45, 7) is 6.42. The summed E-state index contributed by atoms with van der Waals surface area (Å²) in [5, 5.41) is 9.02. The van der Waals surface area contributed by atoms with E-state index in [9.17, 15) is 4.79 Å². The topological polar surface area (TPSA) is 46.5 Å². The molecule has 0 heterocycles. The highest BCUT2D eigenvalue weighted by atomic mass is 16.5. The van der Waals surface area contributed by atoms with Crippen LogP contribution in [0.3, 0.4) is 0 Å². The summed E-state index contributed by atoms with van der Waals surface area (Å²) in [5.41, 5.74) is 0.0710. The first kappa shape index (κ1) is 11.5. The molecule has 14 heavy (non-hydrogen) atoms. The van der Waals surface area contributed by atoms with Crippen molar-refractivity contribution in [2.24, 2.45) is 10.8 Å². The molecule has 1 unspecified atom stereocenters. The molecule has 0 radical (unpaired) electrons. The van der Waals surface area contributed by atoms with Crippen LogP contribution in [-0.4, -0.2) is 24.3 Å². The normalized spacial score (nSPS) is 21.7. The van der Waals surface area contributed by atoms with Crippen molar-refractivity contribution in [3.63, 3.8) is 0 Å². The number of carbonyl (C=O) groups is 1. The minimum Gasteiger partial charge on any atom is -0.479 e. The van der Waals surface area contributed by atoms with Gasteiger partial charge in [-0.15, -0.1) is 0 Å². The van der Waals surface area contributed by atoms with Gasteiger partial charge in [-0.25, -0.2) is 4.79 Å². The van der Waals surface area contributed by atoms with Crippen molar-refractivity contribution in [3.05, 3.63) is 0 Å². The fraction of sp³-hybridized carbons (Fsp3) is 0.909. The Morgan fingerprint density at radius 3 is 2.21 bits per heavy atom. The van der Waals surface area contributed by atoms with Gasteiger partial charge in [0.2, 0.25) is 0 Å². The van der Waals surface area contributed by atoms with Crippen LogP contribution >= 0.6 is 0 Å². The predicted molar refractivity (Wildman–Crippen MR) is 54.2 cm³/mol. The van der Waals surface area contributed by atoms with Gasteiger partial charge in [0.1, 0.15) is 0 Å². The van der Waals surface area contributed by atoms with E-state index in [1.54, 1.807) is 0 Å². The first-order valence-corrected chi connectivity index (χ1v) is 5.06. The van der Waals surface area contributed by atoms with Gasteiger partial charge in [0.15, 0.2) is 6.10 Å². The molecule has 82 valence electrons. The zero-order chi connectivity index (χ0) is 11.0. The molecule has 0 saturated heterocycles. The Labute approximate surface area is 85.5 Å². The summed E-state index contributed by atoms with van der Waals surface area (Å²) < 4.78 is 5.09. The van der Waals surface area contributed by atoms with Crippen LogP contribution in [0.1, 0.15) is 40.0 Å². The Morgan fingerprint density at radius 1 is 1.50 bits per heavy atom. The molecule has 1 fully saturated rings. The van der Waals surface area contributed by atoms with Gasteiger partial charge in [-0.2, -0.15) is 0 Å². The van der Waals surface area contributed by atoms with E-state index < -0.39 is 12.1 Å². The number of ether oxygens (including phenoxy) is 1. The molecule has 1 N–H and O–H groups in total. The van der Waals surface area contributed by atoms with E-state index in [1.807, 2.05) is 0 Å². The smallest absolute Gasteiger partial charge is 0.333 e. The molecule has 0 spiro atoms. The van der Waals surface area contributed by atoms with E-state index in [0.29, 0.717) is 0 Å². The second-order valence-electron chi connectivity index (χ2n) is 5.55. The predicted octanol–water partition coefficient (Wildman–Crippen LogP) is 2.30. The zero-order valence-corrected chi connectivity index (χ0v) is 9.46. The van der Waals surface area contributed by atoms with Crippen molar-refractivity contribution in [3.8, 4) is 0 Å². The molecular formula is C11H20O3. The lowest BCUT2D eigenvalue weighted by Crippen LogP contribution is -2.35. The van der Waals surface area contributed by atoms with Crippen LogP contribution in [0.4, 0.5) is 0 Å². The van der Waals surface area contributed by atoms with Gasteiger partial charge in [-0.3, -0.25) is 0 Å². The zero-order valence-electron chi connectivity index (χ0n) is 9.46. The van der Waals surface area contributed by atoms with Crippen molar-refractivity contribution in [1.82, 2.24) is 0 Å². The lowest BCUT2D eigenvalue weighted by molar-refractivity contribution is -0.154. The first-order valence-electron chi connectivity index (χ1n) is 5.06. The molecule has 0 aromatic carbocycles. The number of hydrogen-bond donors (Lipinski definition) is 1. The number of carboxylic acids is 1. The quantitative estimate of drug-likeness (QED) is 0.757. The monoisotopic (exact) mass is 200 g/mol. The van der Waals surface area contributed by atoms with Gasteiger partial charge in [0.25, 0.3) is 0 Å². The molecule has 0 amide bonds. The third-order valence-electron chi connectivity index (χ3n) is 2.79. The summed E-state index contributed by atoms with van der Waals surface area (Å²) in [4.78, 5) is 11.0. The van der Waals surface area contributed by atoms with Crippen LogP contribution in [0, 0.1) is 10.8 Å². The van der Waals surface area contributed by atoms with E-state index in [0.717, 1.165) is 19.3 Å². The molecule has 0 aromatic heterocycles. The number of hydrogen-bond acceptors (Lipinski definition) is 2. The van der Waals surface area contributed by atoms with Crippen molar-refractivity contribution in [2.75, 3.05) is 7.11 Å². The highest BCUT2D eigenvalue weighted by Crippen LogP contribution is 2.56. The molecule has 3 heteroatoms. The van der Waals surface area contributed by atoms with Crippen LogP contribution in [0.5, 0.6) is 0 Å². The lowest BCUT2D eigenvalue weighted by atomic mass is 9.80. The maximum absolute atomic E-state index is 11.0. The van der Waals surface area contributed by atoms with Crippen molar-refractivity contribution < 1.29 is 14.6 Å². The number of aliphatic carboxylic acids is 1. The van der Waals surface area contributed by atoms with Crippen LogP contribution in [0.15, 0.2) is 0 Å². The molecule has 1 aliphatic rings. The molecule has 0 aliphatic heterocycles. The number of rotatable bonds is 4.